The summed E-state index contributed by atoms with van der Waals surface area (Å²) in [4.78, 5) is 52.1. The van der Waals surface area contributed by atoms with Crippen LogP contribution in [0.5, 0.6) is 0 Å². The molecule has 1 fully saturated rings. The number of fused-ring (bicyclic) bond motifs is 2. The third-order valence-electron chi connectivity index (χ3n) is 9.15. The molecule has 1 saturated heterocycles. The topological polar surface area (TPSA) is 110 Å². The first-order valence-corrected chi connectivity index (χ1v) is 16.9. The van der Waals surface area contributed by atoms with Crippen LogP contribution in [0.4, 0.5) is 14.3 Å². The van der Waals surface area contributed by atoms with Crippen molar-refractivity contribution in [3.63, 3.8) is 0 Å². The molecule has 10 nitrogen and oxygen atoms in total. The van der Waals surface area contributed by atoms with Gasteiger partial charge in [-0.25, -0.2) is 19.2 Å². The average Bonchev–Trinajstić information content (AvgIpc) is 3.85. The predicted octanol–water partition coefficient (Wildman–Crippen LogP) is 6.54. The molecule has 2 aromatic heterocycles. The van der Waals surface area contributed by atoms with Crippen LogP contribution in [-0.2, 0) is 29.0 Å². The van der Waals surface area contributed by atoms with Gasteiger partial charge in [0.05, 0.1) is 18.6 Å². The van der Waals surface area contributed by atoms with E-state index < -0.39 is 29.3 Å². The molecule has 2 aromatic carbocycles. The summed E-state index contributed by atoms with van der Waals surface area (Å²) in [5.74, 6) is -1.02. The number of hydrogen-bond acceptors (Lipinski definition) is 7. The molecule has 47 heavy (non-hydrogen) atoms. The van der Waals surface area contributed by atoms with Crippen LogP contribution in [0.3, 0.4) is 0 Å². The molecular formula is C35H37FN6O4S. The third-order valence-corrected chi connectivity index (χ3v) is 9.84. The van der Waals surface area contributed by atoms with Gasteiger partial charge in [-0.1, -0.05) is 24.3 Å². The number of carbonyl (C=O) groups excluding carboxylic acids is 3. The van der Waals surface area contributed by atoms with Crippen molar-refractivity contribution in [1.29, 1.82) is 0 Å². The molecule has 5 heterocycles. The molecule has 4 aromatic rings. The fraction of sp³-hybridized carbons (Fsp3) is 0.400. The van der Waals surface area contributed by atoms with Crippen molar-refractivity contribution in [3.05, 3.63) is 88.2 Å². The van der Waals surface area contributed by atoms with Gasteiger partial charge >= 0.3 is 6.09 Å². The molecule has 0 saturated carbocycles. The van der Waals surface area contributed by atoms with Gasteiger partial charge in [-0.05, 0) is 81.2 Å². The highest BCUT2D eigenvalue weighted by Gasteiger charge is 2.42. The second-order valence-electron chi connectivity index (χ2n) is 13.4. The maximum Gasteiger partial charge on any atom is 0.410 e. The van der Waals surface area contributed by atoms with Crippen molar-refractivity contribution in [1.82, 2.24) is 24.3 Å². The first-order chi connectivity index (χ1) is 22.6. The van der Waals surface area contributed by atoms with Gasteiger partial charge < -0.3 is 19.1 Å². The SMILES string of the molecule is CC(C)(C)OC(=O)N1CCC(c2ccc(-c3cc(F)c4c(c3)C(=O)N([C@@H](C(=O)Nc3nccs3)c3ncn5c3CCC5)C4)cc2)CC1. The summed E-state index contributed by atoms with van der Waals surface area (Å²) in [5, 5.41) is 5.01. The predicted molar refractivity (Wildman–Crippen MR) is 176 cm³/mol. The van der Waals surface area contributed by atoms with E-state index in [4.69, 9.17) is 4.74 Å². The Labute approximate surface area is 276 Å². The minimum atomic E-state index is -1.03. The lowest BCUT2D eigenvalue weighted by atomic mass is 9.88. The number of hydrogen-bond donors (Lipinski definition) is 1. The number of ether oxygens (including phenoxy) is 1. The molecule has 1 N–H and O–H groups in total. The van der Waals surface area contributed by atoms with E-state index in [1.165, 1.54) is 22.3 Å². The zero-order valence-electron chi connectivity index (χ0n) is 26.7. The lowest BCUT2D eigenvalue weighted by Crippen LogP contribution is -2.41. The highest BCUT2D eigenvalue weighted by Crippen LogP contribution is 2.38. The summed E-state index contributed by atoms with van der Waals surface area (Å²) in [5.41, 5.74) is 3.98. The molecule has 244 valence electrons. The van der Waals surface area contributed by atoms with Crippen LogP contribution in [0, 0.1) is 5.82 Å². The highest BCUT2D eigenvalue weighted by atomic mass is 32.1. The molecule has 12 heteroatoms. The lowest BCUT2D eigenvalue weighted by molar-refractivity contribution is -0.121. The molecule has 7 rings (SSSR count). The standard InChI is InChI=1S/C35H37FN6O4S/c1-35(2,3)46-34(45)40-14-10-23(11-15-40)21-6-8-22(9-7-21)24-17-25-26(27(36)18-24)19-42(32(25)44)30(31(43)39-33-37-12-16-47-33)29-28-5-4-13-41(28)20-38-29/h6-9,12,16-18,20,23,30H,4-5,10-11,13-15,19H2,1-3H3,(H,37,39,43)/t30-/m1/s1. The minimum absolute atomic E-state index is 0.0382. The molecule has 3 aliphatic heterocycles. The van der Waals surface area contributed by atoms with Gasteiger partial charge in [-0.15, -0.1) is 11.3 Å². The van der Waals surface area contributed by atoms with Crippen molar-refractivity contribution in [2.45, 2.75) is 77.1 Å². The Hall–Kier alpha value is -4.58. The molecule has 0 aliphatic carbocycles. The van der Waals surface area contributed by atoms with Gasteiger partial charge in [0.15, 0.2) is 11.2 Å². The van der Waals surface area contributed by atoms with Crippen LogP contribution in [-0.4, -0.2) is 60.9 Å². The van der Waals surface area contributed by atoms with Gasteiger partial charge in [0.25, 0.3) is 11.8 Å². The van der Waals surface area contributed by atoms with Crippen molar-refractivity contribution in [2.75, 3.05) is 18.4 Å². The summed E-state index contributed by atoms with van der Waals surface area (Å²) in [6, 6.07) is 10.1. The number of nitrogens with zero attached hydrogens (tertiary/aromatic N) is 5. The largest absolute Gasteiger partial charge is 0.444 e. The Kier molecular flexibility index (Phi) is 8.07. The normalized spacial score (nSPS) is 17.1. The van der Waals surface area contributed by atoms with E-state index in [0.29, 0.717) is 35.4 Å². The number of thiazole rings is 1. The zero-order chi connectivity index (χ0) is 32.9. The van der Waals surface area contributed by atoms with E-state index in [0.717, 1.165) is 49.0 Å². The minimum Gasteiger partial charge on any atom is -0.444 e. The number of carbonyl (C=O) groups is 3. The number of benzene rings is 2. The number of halogens is 1. The third kappa shape index (κ3) is 6.14. The van der Waals surface area contributed by atoms with E-state index in [1.807, 2.05) is 49.6 Å². The molecule has 0 unspecified atom stereocenters. The van der Waals surface area contributed by atoms with Crippen molar-refractivity contribution in [3.8, 4) is 11.1 Å². The van der Waals surface area contributed by atoms with E-state index in [-0.39, 0.29) is 23.8 Å². The number of nitrogens with one attached hydrogen (secondary N) is 1. The summed E-state index contributed by atoms with van der Waals surface area (Å²) >= 11 is 1.28. The molecule has 0 spiro atoms. The van der Waals surface area contributed by atoms with Crippen LogP contribution in [0.15, 0.2) is 54.3 Å². The number of aromatic nitrogens is 3. The Morgan fingerprint density at radius 3 is 2.53 bits per heavy atom. The summed E-state index contributed by atoms with van der Waals surface area (Å²) in [6.07, 6.45) is 6.37. The Morgan fingerprint density at radius 2 is 1.83 bits per heavy atom. The molecule has 1 atom stereocenters. The average molecular weight is 657 g/mol. The molecule has 0 radical (unpaired) electrons. The maximum atomic E-state index is 15.7. The number of imidazole rings is 1. The maximum absolute atomic E-state index is 15.7. The van der Waals surface area contributed by atoms with E-state index in [2.05, 4.69) is 15.3 Å². The van der Waals surface area contributed by atoms with Crippen molar-refractivity contribution >= 4 is 34.4 Å². The summed E-state index contributed by atoms with van der Waals surface area (Å²) in [7, 11) is 0. The number of likely N-dealkylation sites (tertiary alicyclic amines) is 1. The molecule has 3 aliphatic rings. The number of piperidine rings is 1. The van der Waals surface area contributed by atoms with E-state index >= 15 is 4.39 Å². The number of rotatable bonds is 6. The second-order valence-corrected chi connectivity index (χ2v) is 14.3. The van der Waals surface area contributed by atoms with Crippen LogP contribution in [0.2, 0.25) is 0 Å². The number of amides is 3. The summed E-state index contributed by atoms with van der Waals surface area (Å²) < 4.78 is 23.3. The molecule has 3 amide bonds. The Balaban J connectivity index is 1.10. The van der Waals surface area contributed by atoms with Gasteiger partial charge in [0.1, 0.15) is 11.4 Å². The summed E-state index contributed by atoms with van der Waals surface area (Å²) in [6.45, 7) is 7.62. The monoisotopic (exact) mass is 656 g/mol. The second kappa shape index (κ2) is 12.2. The molecule has 0 bridgehead atoms. The smallest absolute Gasteiger partial charge is 0.410 e. The van der Waals surface area contributed by atoms with Crippen LogP contribution in [0.25, 0.3) is 11.1 Å². The van der Waals surface area contributed by atoms with Gasteiger partial charge in [-0.2, -0.15) is 0 Å². The Bertz CT molecular complexity index is 1820. The fourth-order valence-corrected chi connectivity index (χ4v) is 7.37. The van der Waals surface area contributed by atoms with Gasteiger partial charge in [0, 0.05) is 48.0 Å². The Morgan fingerprint density at radius 1 is 1.06 bits per heavy atom. The van der Waals surface area contributed by atoms with Crippen LogP contribution < -0.4 is 5.32 Å². The van der Waals surface area contributed by atoms with Crippen LogP contribution >= 0.6 is 11.3 Å². The van der Waals surface area contributed by atoms with E-state index in [9.17, 15) is 14.4 Å². The molecular weight excluding hydrogens is 619 g/mol. The van der Waals surface area contributed by atoms with Crippen molar-refractivity contribution in [2.24, 2.45) is 0 Å². The number of aryl methyl sites for hydroxylation is 1. The first-order valence-electron chi connectivity index (χ1n) is 16.0. The van der Waals surface area contributed by atoms with Gasteiger partial charge in [-0.3, -0.25) is 14.9 Å². The fourth-order valence-electron chi connectivity index (χ4n) is 6.83. The quantitative estimate of drug-likeness (QED) is 0.252. The van der Waals surface area contributed by atoms with Gasteiger partial charge in [0.2, 0.25) is 0 Å². The first kappa shape index (κ1) is 31.0. The number of anilines is 1. The van der Waals surface area contributed by atoms with Crippen LogP contribution in [0.1, 0.15) is 84.9 Å². The zero-order valence-corrected chi connectivity index (χ0v) is 27.5. The lowest BCUT2D eigenvalue weighted by Gasteiger charge is -2.33. The highest BCUT2D eigenvalue weighted by molar-refractivity contribution is 7.13. The van der Waals surface area contributed by atoms with Crippen molar-refractivity contribution < 1.29 is 23.5 Å². The van der Waals surface area contributed by atoms with E-state index in [1.54, 1.807) is 28.9 Å².